The van der Waals surface area contributed by atoms with Gasteiger partial charge in [-0.25, -0.2) is 0 Å². The number of carbonyl (C=O) groups excluding carboxylic acids is 2. The number of alkyl halides is 3. The number of nitrogens with two attached hydrogens (primary N) is 1. The van der Waals surface area contributed by atoms with Gasteiger partial charge in [-0.1, -0.05) is 11.6 Å². The molecule has 0 aromatic carbocycles. The maximum atomic E-state index is 13.0. The molecule has 0 bridgehead atoms. The molecule has 1 saturated heterocycles. The van der Waals surface area contributed by atoms with Gasteiger partial charge >= 0.3 is 18.0 Å². The summed E-state index contributed by atoms with van der Waals surface area (Å²) >= 11 is 5.55. The first-order valence-corrected chi connectivity index (χ1v) is 5.10. The van der Waals surface area contributed by atoms with Crippen LogP contribution in [0.2, 0.25) is 0 Å². The van der Waals surface area contributed by atoms with E-state index in [0.717, 1.165) is 6.08 Å². The van der Waals surface area contributed by atoms with Gasteiger partial charge in [0, 0.05) is 10.7 Å². The van der Waals surface area contributed by atoms with E-state index in [9.17, 15) is 22.8 Å². The normalized spacial score (nSPS) is 31.9. The highest BCUT2D eigenvalue weighted by atomic mass is 35.5. The molecule has 2 amide bonds. The number of fused-ring (bicyclic) bond motifs is 1. The molecule has 2 rings (SSSR count). The Morgan fingerprint density at radius 2 is 1.94 bits per heavy atom. The summed E-state index contributed by atoms with van der Waals surface area (Å²) in [6.07, 6.45) is -3.13. The molecule has 0 aromatic rings. The van der Waals surface area contributed by atoms with Crippen LogP contribution < -0.4 is 16.4 Å². The maximum absolute atomic E-state index is 13.0. The van der Waals surface area contributed by atoms with Crippen molar-refractivity contribution in [1.82, 2.24) is 10.6 Å². The van der Waals surface area contributed by atoms with Crippen LogP contribution in [0.25, 0.3) is 0 Å². The van der Waals surface area contributed by atoms with Gasteiger partial charge in [-0.05, 0) is 12.2 Å². The van der Waals surface area contributed by atoms with Crippen molar-refractivity contribution in [1.29, 1.82) is 0 Å². The number of nitrogens with one attached hydrogen (secondary N) is 2. The molecule has 0 saturated carbocycles. The van der Waals surface area contributed by atoms with Crippen molar-refractivity contribution in [2.75, 3.05) is 0 Å². The molecule has 1 heterocycles. The highest BCUT2D eigenvalue weighted by Crippen LogP contribution is 2.39. The molecule has 1 aliphatic heterocycles. The van der Waals surface area contributed by atoms with Crippen LogP contribution in [-0.2, 0) is 9.59 Å². The molecule has 1 fully saturated rings. The van der Waals surface area contributed by atoms with Crippen LogP contribution in [0.3, 0.4) is 0 Å². The molecule has 9 heteroatoms. The molecular weight excluding hydrogens is 275 g/mol. The second-order valence-corrected chi connectivity index (χ2v) is 4.36. The number of hydrogen-bond acceptors (Lipinski definition) is 3. The number of halogens is 4. The zero-order valence-corrected chi connectivity index (χ0v) is 9.39. The zero-order valence-electron chi connectivity index (χ0n) is 8.64. The maximum Gasteiger partial charge on any atom is 0.412 e. The van der Waals surface area contributed by atoms with E-state index in [1.807, 2.05) is 10.6 Å². The number of hydrogen-bond donors (Lipinski definition) is 3. The Morgan fingerprint density at radius 1 is 1.33 bits per heavy atom. The summed E-state index contributed by atoms with van der Waals surface area (Å²) in [4.78, 5) is 22.2. The van der Waals surface area contributed by atoms with Gasteiger partial charge in [0.25, 0.3) is 0 Å². The third-order valence-electron chi connectivity index (χ3n) is 2.69. The summed E-state index contributed by atoms with van der Waals surface area (Å²) in [7, 11) is 0. The van der Waals surface area contributed by atoms with Crippen LogP contribution in [0.4, 0.5) is 13.2 Å². The Labute approximate surface area is 104 Å². The molecule has 1 aliphatic carbocycles. The average Bonchev–Trinajstić information content (AvgIpc) is 2.19. The number of piperazine rings is 1. The lowest BCUT2D eigenvalue weighted by molar-refractivity contribution is -0.179. The Bertz CT molecular complexity index is 500. The summed E-state index contributed by atoms with van der Waals surface area (Å²) < 4.78 is 38.9. The van der Waals surface area contributed by atoms with Crippen molar-refractivity contribution in [3.05, 3.63) is 22.9 Å². The van der Waals surface area contributed by atoms with E-state index in [2.05, 4.69) is 0 Å². The second kappa shape index (κ2) is 3.72. The summed E-state index contributed by atoms with van der Waals surface area (Å²) in [6.45, 7) is 0. The Hall–Kier alpha value is -1.54. The number of carbonyl (C=O) groups is 2. The van der Waals surface area contributed by atoms with Gasteiger partial charge in [-0.15, -0.1) is 0 Å². The minimum atomic E-state index is -4.84. The van der Waals surface area contributed by atoms with Crippen LogP contribution in [0, 0.1) is 0 Å². The van der Waals surface area contributed by atoms with Crippen molar-refractivity contribution in [3.63, 3.8) is 0 Å². The van der Waals surface area contributed by atoms with Gasteiger partial charge < -0.3 is 16.4 Å². The zero-order chi connectivity index (χ0) is 13.7. The Balaban J connectivity index is 2.50. The van der Waals surface area contributed by atoms with Crippen molar-refractivity contribution in [2.24, 2.45) is 5.73 Å². The van der Waals surface area contributed by atoms with Crippen LogP contribution in [-0.4, -0.2) is 29.6 Å². The van der Waals surface area contributed by atoms with Gasteiger partial charge in [0.1, 0.15) is 6.04 Å². The molecular formula is C9H7ClF3N3O2. The standard InChI is InChI=1S/C9H7ClF3N3O2/c10-3-1-4-5(16-7(18)6(17)15-4)8(14,2-3)9(11,12)13/h1-2,5H,14H2,(H,15,17)(H,16,18). The molecule has 4 N–H and O–H groups in total. The molecule has 5 nitrogen and oxygen atoms in total. The first kappa shape index (κ1) is 12.9. The highest BCUT2D eigenvalue weighted by Gasteiger charge is 2.59. The van der Waals surface area contributed by atoms with E-state index in [1.165, 1.54) is 0 Å². The first-order chi connectivity index (χ1) is 8.15. The second-order valence-electron chi connectivity index (χ2n) is 3.92. The van der Waals surface area contributed by atoms with E-state index in [-0.39, 0.29) is 10.7 Å². The van der Waals surface area contributed by atoms with E-state index in [0.29, 0.717) is 6.08 Å². The lowest BCUT2D eigenvalue weighted by atomic mass is 9.83. The molecule has 2 unspecified atom stereocenters. The topological polar surface area (TPSA) is 84.2 Å². The minimum Gasteiger partial charge on any atom is -0.337 e. The fourth-order valence-corrected chi connectivity index (χ4v) is 2.08. The van der Waals surface area contributed by atoms with Gasteiger partial charge in [0.15, 0.2) is 5.54 Å². The average molecular weight is 282 g/mol. The fraction of sp³-hybridized carbons (Fsp3) is 0.333. The van der Waals surface area contributed by atoms with E-state index >= 15 is 0 Å². The molecule has 0 radical (unpaired) electrons. The van der Waals surface area contributed by atoms with Crippen LogP contribution >= 0.6 is 11.6 Å². The molecule has 98 valence electrons. The van der Waals surface area contributed by atoms with Crippen molar-refractivity contribution in [2.45, 2.75) is 17.8 Å². The minimum absolute atomic E-state index is 0.188. The van der Waals surface area contributed by atoms with Gasteiger partial charge in [-0.2, -0.15) is 13.2 Å². The summed E-state index contributed by atoms with van der Waals surface area (Å²) in [5.74, 6) is -2.24. The van der Waals surface area contributed by atoms with Crippen LogP contribution in [0.15, 0.2) is 22.9 Å². The summed E-state index contributed by atoms with van der Waals surface area (Å²) in [6, 6.07) is -1.61. The quantitative estimate of drug-likeness (QED) is 0.541. The van der Waals surface area contributed by atoms with E-state index in [4.69, 9.17) is 17.3 Å². The summed E-state index contributed by atoms with van der Waals surface area (Å²) in [5.41, 5.74) is 2.24. The smallest absolute Gasteiger partial charge is 0.337 e. The van der Waals surface area contributed by atoms with Crippen LogP contribution in [0.1, 0.15) is 0 Å². The van der Waals surface area contributed by atoms with E-state index < -0.39 is 29.6 Å². The lowest BCUT2D eigenvalue weighted by Crippen LogP contribution is -2.71. The number of allylic oxidation sites excluding steroid dienone is 2. The third-order valence-corrected chi connectivity index (χ3v) is 2.91. The predicted octanol–water partition coefficient (Wildman–Crippen LogP) is -0.119. The van der Waals surface area contributed by atoms with Gasteiger partial charge in [0.2, 0.25) is 0 Å². The highest BCUT2D eigenvalue weighted by molar-refractivity contribution is 6.37. The van der Waals surface area contributed by atoms with Gasteiger partial charge in [-0.3, -0.25) is 9.59 Å². The SMILES string of the molecule is NC1(C(F)(F)F)C=C(Cl)C=C2NC(=O)C(=O)NC21. The monoisotopic (exact) mass is 281 g/mol. The Morgan fingerprint density at radius 3 is 2.50 bits per heavy atom. The fourth-order valence-electron chi connectivity index (χ4n) is 1.78. The van der Waals surface area contributed by atoms with E-state index in [1.54, 1.807) is 0 Å². The number of amides is 2. The largest absolute Gasteiger partial charge is 0.412 e. The lowest BCUT2D eigenvalue weighted by Gasteiger charge is -2.42. The molecule has 0 spiro atoms. The van der Waals surface area contributed by atoms with Gasteiger partial charge in [0.05, 0.1) is 0 Å². The van der Waals surface area contributed by atoms with Crippen molar-refractivity contribution < 1.29 is 22.8 Å². The molecule has 2 atom stereocenters. The number of rotatable bonds is 0. The van der Waals surface area contributed by atoms with Crippen molar-refractivity contribution in [3.8, 4) is 0 Å². The van der Waals surface area contributed by atoms with Crippen molar-refractivity contribution >= 4 is 23.4 Å². The van der Waals surface area contributed by atoms with Crippen LogP contribution in [0.5, 0.6) is 0 Å². The summed E-state index contributed by atoms with van der Waals surface area (Å²) in [5, 5.41) is 3.68. The first-order valence-electron chi connectivity index (χ1n) is 4.72. The predicted molar refractivity (Wildman–Crippen MR) is 55.1 cm³/mol. The molecule has 18 heavy (non-hydrogen) atoms. The third kappa shape index (κ3) is 1.77. The molecule has 2 aliphatic rings. The molecule has 0 aromatic heterocycles. The Kier molecular flexibility index (Phi) is 2.67.